The number of rotatable bonds is 11. The molecule has 5 heterocycles. The van der Waals surface area contributed by atoms with Crippen LogP contribution in [0.5, 0.6) is 5.75 Å². The predicted molar refractivity (Wildman–Crippen MR) is 195 cm³/mol. The molecule has 2 N–H and O–H groups in total. The summed E-state index contributed by atoms with van der Waals surface area (Å²) in [4.78, 5) is 65.7. The molecule has 1 unspecified atom stereocenters. The molecule has 7 rings (SSSR count). The number of nitrogens with zero attached hydrogens (tertiary/aromatic N) is 5. The van der Waals surface area contributed by atoms with Gasteiger partial charge in [0.05, 0.1) is 24.3 Å². The molecule has 1 aromatic carbocycles. The van der Waals surface area contributed by atoms with Crippen LogP contribution in [0.2, 0.25) is 0 Å². The van der Waals surface area contributed by atoms with Gasteiger partial charge in [-0.25, -0.2) is 9.97 Å². The number of ether oxygens (including phenoxy) is 1. The number of aromatic nitrogens is 4. The Morgan fingerprint density at radius 2 is 1.73 bits per heavy atom. The zero-order valence-corrected chi connectivity index (χ0v) is 29.3. The number of hydrogen-bond acceptors (Lipinski definition) is 10. The van der Waals surface area contributed by atoms with Gasteiger partial charge in [-0.05, 0) is 100 Å². The fraction of sp³-hybridized carbons (Fsp3) is 0.462. The summed E-state index contributed by atoms with van der Waals surface area (Å²) in [6.07, 6.45) is 12.5. The lowest BCUT2D eigenvalue weighted by atomic mass is 9.90. The second kappa shape index (κ2) is 15.0. The van der Waals surface area contributed by atoms with Gasteiger partial charge in [-0.15, -0.1) is 0 Å². The average molecular weight is 692 g/mol. The molecule has 3 fully saturated rings. The Bertz CT molecular complexity index is 1980. The molecule has 2 saturated heterocycles. The Labute approximate surface area is 297 Å². The third-order valence-corrected chi connectivity index (χ3v) is 10.8. The van der Waals surface area contributed by atoms with Crippen LogP contribution in [0.3, 0.4) is 0 Å². The van der Waals surface area contributed by atoms with E-state index in [1.165, 1.54) is 12.6 Å². The summed E-state index contributed by atoms with van der Waals surface area (Å²) >= 11 is 0. The number of benzene rings is 1. The van der Waals surface area contributed by atoms with Crippen molar-refractivity contribution in [2.24, 2.45) is 5.92 Å². The number of imide groups is 1. The van der Waals surface area contributed by atoms with Gasteiger partial charge in [0.2, 0.25) is 17.8 Å². The minimum absolute atomic E-state index is 0.0156. The quantitative estimate of drug-likeness (QED) is 0.107. The smallest absolute Gasteiger partial charge is 0.263 e. The lowest BCUT2D eigenvalue weighted by Crippen LogP contribution is -2.39. The number of anilines is 3. The molecule has 1 atom stereocenters. The van der Waals surface area contributed by atoms with Gasteiger partial charge < -0.3 is 15.0 Å². The summed E-state index contributed by atoms with van der Waals surface area (Å²) in [5.74, 6) is 1.36. The molecule has 0 radical (unpaired) electrons. The summed E-state index contributed by atoms with van der Waals surface area (Å²) in [6, 6.07) is 12.0. The largest absolute Gasteiger partial charge is 0.492 e. The maximum Gasteiger partial charge on any atom is 0.263 e. The SMILES string of the molecule is CC(=O)c1c(C)c2cnc(Nc3ccc(OCCCC4CCN(c5ccc(C6CCC(=O)NC6=O)cc5)CC4)cn3)nc2n(C2CCCC2)c1=O. The number of fused-ring (bicyclic) bond motifs is 1. The molecule has 2 amide bonds. The highest BCUT2D eigenvalue weighted by atomic mass is 16.5. The number of Topliss-reactive ketones (excluding diaryl/α,β-unsaturated/α-hetero) is 1. The summed E-state index contributed by atoms with van der Waals surface area (Å²) in [7, 11) is 0. The molecule has 0 bridgehead atoms. The van der Waals surface area contributed by atoms with Crippen LogP contribution in [-0.2, 0) is 9.59 Å². The van der Waals surface area contributed by atoms with E-state index in [9.17, 15) is 19.2 Å². The predicted octanol–water partition coefficient (Wildman–Crippen LogP) is 6.15. The fourth-order valence-corrected chi connectivity index (χ4v) is 7.93. The standard InChI is InChI=1S/C39H45N7O5/c1-24-32-23-41-39(44-36(32)46(29-7-3-4-8-29)38(50)35(24)25(2)47)42-33-15-13-30(22-40-33)51-21-5-6-26-17-19-45(20-18-26)28-11-9-27(10-12-28)31-14-16-34(48)43-37(31)49/h9-13,15,22-23,26,29,31H,3-8,14,16-21H2,1-2H3,(H,43,48,49)(H,40,41,42,44). The van der Waals surface area contributed by atoms with Gasteiger partial charge in [0, 0.05) is 42.8 Å². The zero-order chi connectivity index (χ0) is 35.5. The van der Waals surface area contributed by atoms with Gasteiger partial charge in [0.25, 0.3) is 5.56 Å². The maximum atomic E-state index is 13.5. The Balaban J connectivity index is 0.885. The van der Waals surface area contributed by atoms with Gasteiger partial charge in [-0.1, -0.05) is 25.0 Å². The molecule has 1 saturated carbocycles. The first-order valence-electron chi connectivity index (χ1n) is 18.2. The Hall–Kier alpha value is -5.13. The summed E-state index contributed by atoms with van der Waals surface area (Å²) < 4.78 is 7.72. The molecule has 1 aliphatic carbocycles. The minimum Gasteiger partial charge on any atom is -0.492 e. The van der Waals surface area contributed by atoms with E-state index in [0.29, 0.717) is 59.5 Å². The van der Waals surface area contributed by atoms with E-state index < -0.39 is 0 Å². The highest BCUT2D eigenvalue weighted by molar-refractivity contribution is 6.01. The molecule has 0 spiro atoms. The van der Waals surface area contributed by atoms with Gasteiger partial charge >= 0.3 is 0 Å². The molecule has 3 aliphatic rings. The zero-order valence-electron chi connectivity index (χ0n) is 29.3. The summed E-state index contributed by atoms with van der Waals surface area (Å²) in [5.41, 5.74) is 3.24. The van der Waals surface area contributed by atoms with Crippen molar-refractivity contribution in [1.29, 1.82) is 0 Å². The second-order valence-corrected chi connectivity index (χ2v) is 14.1. The van der Waals surface area contributed by atoms with Gasteiger partial charge in [0.1, 0.15) is 17.2 Å². The van der Waals surface area contributed by atoms with Crippen LogP contribution in [0.4, 0.5) is 17.5 Å². The number of pyridine rings is 2. The maximum absolute atomic E-state index is 13.5. The summed E-state index contributed by atoms with van der Waals surface area (Å²) in [6.45, 7) is 5.84. The summed E-state index contributed by atoms with van der Waals surface area (Å²) in [5, 5.41) is 6.32. The molecule has 4 aromatic rings. The molecule has 2 aliphatic heterocycles. The number of amides is 2. The average Bonchev–Trinajstić information content (AvgIpc) is 3.66. The van der Waals surface area contributed by atoms with Crippen LogP contribution < -0.4 is 25.8 Å². The van der Waals surface area contributed by atoms with Crippen molar-refractivity contribution in [3.63, 3.8) is 0 Å². The lowest BCUT2D eigenvalue weighted by molar-refractivity contribution is -0.134. The van der Waals surface area contributed by atoms with E-state index >= 15 is 0 Å². The van der Waals surface area contributed by atoms with Crippen molar-refractivity contribution in [2.75, 3.05) is 29.9 Å². The fourth-order valence-electron chi connectivity index (χ4n) is 7.93. The van der Waals surface area contributed by atoms with Crippen LogP contribution in [-0.4, -0.2) is 56.8 Å². The number of carbonyl (C=O) groups is 3. The Morgan fingerprint density at radius 1 is 0.961 bits per heavy atom. The first-order chi connectivity index (χ1) is 24.7. The van der Waals surface area contributed by atoms with Crippen LogP contribution >= 0.6 is 0 Å². The topological polar surface area (TPSA) is 148 Å². The van der Waals surface area contributed by atoms with Crippen LogP contribution in [0, 0.1) is 12.8 Å². The second-order valence-electron chi connectivity index (χ2n) is 14.1. The third kappa shape index (κ3) is 7.50. The van der Waals surface area contributed by atoms with E-state index in [1.54, 1.807) is 23.9 Å². The van der Waals surface area contributed by atoms with E-state index in [2.05, 4.69) is 37.6 Å². The number of carbonyl (C=O) groups excluding carboxylic acids is 3. The number of nitrogens with one attached hydrogen (secondary N) is 2. The molecule has 51 heavy (non-hydrogen) atoms. The van der Waals surface area contributed by atoms with Crippen molar-refractivity contribution in [3.8, 4) is 5.75 Å². The number of piperidine rings is 2. The molecular formula is C39H45N7O5. The number of hydrogen-bond donors (Lipinski definition) is 2. The number of aryl methyl sites for hydroxylation is 1. The molecular weight excluding hydrogens is 646 g/mol. The monoisotopic (exact) mass is 691 g/mol. The van der Waals surface area contributed by atoms with Crippen molar-refractivity contribution in [1.82, 2.24) is 24.8 Å². The van der Waals surface area contributed by atoms with Gasteiger partial charge in [-0.2, -0.15) is 4.98 Å². The van der Waals surface area contributed by atoms with Crippen molar-refractivity contribution in [2.45, 2.75) is 90.0 Å². The van der Waals surface area contributed by atoms with Crippen LogP contribution in [0.25, 0.3) is 11.0 Å². The van der Waals surface area contributed by atoms with E-state index in [4.69, 9.17) is 9.72 Å². The first kappa shape index (κ1) is 34.3. The van der Waals surface area contributed by atoms with Crippen molar-refractivity contribution in [3.05, 3.63) is 75.8 Å². The molecule has 12 nitrogen and oxygen atoms in total. The van der Waals surface area contributed by atoms with Gasteiger partial charge in [-0.3, -0.25) is 29.1 Å². The molecule has 12 heteroatoms. The third-order valence-electron chi connectivity index (χ3n) is 10.8. The minimum atomic E-state index is -0.273. The van der Waals surface area contributed by atoms with Crippen molar-refractivity contribution < 1.29 is 19.1 Å². The normalized spacial score (nSPS) is 18.6. The van der Waals surface area contributed by atoms with Crippen LogP contribution in [0.1, 0.15) is 105 Å². The molecule has 266 valence electrons. The highest BCUT2D eigenvalue weighted by Gasteiger charge is 2.29. The molecule has 3 aromatic heterocycles. The highest BCUT2D eigenvalue weighted by Crippen LogP contribution is 2.33. The van der Waals surface area contributed by atoms with Crippen LogP contribution in [0.15, 0.2) is 53.6 Å². The Morgan fingerprint density at radius 3 is 2.41 bits per heavy atom. The lowest BCUT2D eigenvalue weighted by Gasteiger charge is -2.34. The van der Waals surface area contributed by atoms with E-state index in [1.807, 2.05) is 24.3 Å². The van der Waals surface area contributed by atoms with Crippen molar-refractivity contribution >= 4 is 46.1 Å². The first-order valence-corrected chi connectivity index (χ1v) is 18.2. The van der Waals surface area contributed by atoms with Gasteiger partial charge in [0.15, 0.2) is 5.78 Å². The van der Waals surface area contributed by atoms with E-state index in [-0.39, 0.29) is 40.7 Å². The van der Waals surface area contributed by atoms with E-state index in [0.717, 1.165) is 70.0 Å². The number of ketones is 1. The Kier molecular flexibility index (Phi) is 10.1.